The van der Waals surface area contributed by atoms with Gasteiger partial charge in [-0.15, -0.1) is 0 Å². The number of carboxylic acid groups (broad SMARTS) is 1. The van der Waals surface area contributed by atoms with E-state index in [0.717, 1.165) is 0 Å². The van der Waals surface area contributed by atoms with Crippen LogP contribution >= 0.6 is 0 Å². The molecule has 28 heteroatoms. The molecule has 73 heavy (non-hydrogen) atoms. The van der Waals surface area contributed by atoms with Crippen molar-refractivity contribution in [2.45, 2.75) is 134 Å². The number of carbonyl (C=O) groups is 9. The molecule has 8 amide bonds. The molecule has 28 nitrogen and oxygen atoms in total. The molecule has 1 heterocycles. The van der Waals surface area contributed by atoms with Gasteiger partial charge in [0.15, 0.2) is 11.9 Å². The fourth-order valence-electron chi connectivity index (χ4n) is 7.20. The fraction of sp³-hybridized carbons (Fsp3) is 0.578. The standard InChI is InChI=1S/C45H74N16O12/c1-21(2)33(41(70)61-35(23(5)63)42(71)57-29(13-9-17-53-45(50)51)38(67)60-34(22(3)4)43(72)73)59-39(68)30(14-15-32(47)64)56-40(69)31(18-24-19-54-27-11-7-6-10-25(24)27)58-37(66)28(12-8-16-52-44(48)49)55-36(65)26(46)20-62/h6-7,10-11,19,21-23,26,28-31,33-35,54,62-63H,8-9,12-18,20,46H2,1-5H3,(H2,47,64)(H,55,65)(H,56,69)(H,57,71)(H,58,66)(H,59,68)(H,60,67)(H,61,70)(H,72,73)(H4,48,49,52)(H4,50,51,53)/t23-,26+,28+,29+,30+,31+,33+,34+,35+/m1/s1. The molecule has 0 saturated carbocycles. The second-order valence-electron chi connectivity index (χ2n) is 18.0. The number of nitrogens with one attached hydrogen (secondary N) is 8. The third kappa shape index (κ3) is 21.0. The molecule has 1 aromatic heterocycles. The summed E-state index contributed by atoms with van der Waals surface area (Å²) in [5, 5.41) is 48.0. The second kappa shape index (κ2) is 30.3. The van der Waals surface area contributed by atoms with Gasteiger partial charge in [0.2, 0.25) is 47.3 Å². The summed E-state index contributed by atoms with van der Waals surface area (Å²) in [6, 6.07) is -4.70. The van der Waals surface area contributed by atoms with E-state index >= 15 is 0 Å². The number of amides is 8. The minimum absolute atomic E-state index is 0.0335. The van der Waals surface area contributed by atoms with E-state index in [0.29, 0.717) is 16.5 Å². The van der Waals surface area contributed by atoms with Gasteiger partial charge < -0.3 is 91.9 Å². The van der Waals surface area contributed by atoms with Gasteiger partial charge in [0, 0.05) is 43.0 Å². The van der Waals surface area contributed by atoms with Crippen molar-refractivity contribution in [1.82, 2.24) is 42.2 Å². The van der Waals surface area contributed by atoms with Gasteiger partial charge in [0.1, 0.15) is 48.3 Å². The van der Waals surface area contributed by atoms with Crippen LogP contribution in [-0.2, 0) is 49.6 Å². The lowest BCUT2D eigenvalue weighted by molar-refractivity contribution is -0.143. The summed E-state index contributed by atoms with van der Waals surface area (Å²) >= 11 is 0. The van der Waals surface area contributed by atoms with Crippen molar-refractivity contribution >= 4 is 76.0 Å². The lowest BCUT2D eigenvalue weighted by Gasteiger charge is -2.30. The Kier molecular flexibility index (Phi) is 25.6. The van der Waals surface area contributed by atoms with Crippen molar-refractivity contribution in [2.75, 3.05) is 19.7 Å². The highest BCUT2D eigenvalue weighted by molar-refractivity contribution is 5.98. The summed E-state index contributed by atoms with van der Waals surface area (Å²) in [6.45, 7) is 6.72. The molecule has 0 fully saturated rings. The fourth-order valence-corrected chi connectivity index (χ4v) is 7.20. The van der Waals surface area contributed by atoms with Crippen LogP contribution in [-0.4, -0.2) is 160 Å². The van der Waals surface area contributed by atoms with Crippen molar-refractivity contribution in [3.63, 3.8) is 0 Å². The number of para-hydroxylation sites is 1. The maximum Gasteiger partial charge on any atom is 0.326 e. The number of aromatic amines is 1. The van der Waals surface area contributed by atoms with Crippen LogP contribution in [0.1, 0.15) is 78.7 Å². The highest BCUT2D eigenvalue weighted by Gasteiger charge is 2.37. The van der Waals surface area contributed by atoms with Gasteiger partial charge in [-0.1, -0.05) is 45.9 Å². The second-order valence-corrected chi connectivity index (χ2v) is 18.0. The monoisotopic (exact) mass is 1030 g/mol. The van der Waals surface area contributed by atoms with Crippen molar-refractivity contribution in [2.24, 2.45) is 56.2 Å². The van der Waals surface area contributed by atoms with E-state index < -0.39 is 139 Å². The first-order chi connectivity index (χ1) is 34.3. The van der Waals surface area contributed by atoms with Gasteiger partial charge in [-0.2, -0.15) is 0 Å². The first kappa shape index (κ1) is 61.5. The van der Waals surface area contributed by atoms with Crippen molar-refractivity contribution in [3.05, 3.63) is 36.0 Å². The predicted molar refractivity (Wildman–Crippen MR) is 268 cm³/mol. The molecule has 1 aromatic carbocycles. The number of nitrogens with zero attached hydrogens (tertiary/aromatic N) is 2. The molecule has 0 spiro atoms. The molecule has 9 atom stereocenters. The van der Waals surface area contributed by atoms with Crippen LogP contribution in [0.4, 0.5) is 0 Å². The van der Waals surface area contributed by atoms with Gasteiger partial charge in [-0.3, -0.25) is 48.3 Å². The largest absolute Gasteiger partial charge is 0.480 e. The van der Waals surface area contributed by atoms with E-state index in [9.17, 15) is 58.5 Å². The predicted octanol–water partition coefficient (Wildman–Crippen LogP) is -5.43. The molecule has 0 unspecified atom stereocenters. The Balaban J connectivity index is 2.49. The molecule has 0 radical (unpaired) electrons. The number of aliphatic imine (C=N–C) groups is 2. The third-order valence-electron chi connectivity index (χ3n) is 11.3. The summed E-state index contributed by atoms with van der Waals surface area (Å²) in [5.74, 6) is -10.6. The van der Waals surface area contributed by atoms with Crippen LogP contribution in [0.15, 0.2) is 40.4 Å². The Hall–Kier alpha value is -7.59. The number of carboxylic acids is 1. The highest BCUT2D eigenvalue weighted by Crippen LogP contribution is 2.20. The molecule has 0 saturated heterocycles. The number of fused-ring (bicyclic) bond motifs is 1. The van der Waals surface area contributed by atoms with E-state index in [1.807, 2.05) is 0 Å². The van der Waals surface area contributed by atoms with Crippen molar-refractivity contribution in [1.29, 1.82) is 0 Å². The topological polar surface area (TPSA) is 495 Å². The number of carbonyl (C=O) groups excluding carboxylic acids is 8. The van der Waals surface area contributed by atoms with Crippen LogP contribution in [0.2, 0.25) is 0 Å². The molecular formula is C45H74N16O12. The summed E-state index contributed by atoms with van der Waals surface area (Å²) < 4.78 is 0. The van der Waals surface area contributed by atoms with Crippen LogP contribution < -0.4 is 71.6 Å². The van der Waals surface area contributed by atoms with Gasteiger partial charge in [-0.05, 0) is 62.5 Å². The maximum absolute atomic E-state index is 14.4. The lowest BCUT2D eigenvalue weighted by atomic mass is 10.00. The zero-order chi connectivity index (χ0) is 55.1. The Morgan fingerprint density at radius 1 is 0.589 bits per heavy atom. The average molecular weight is 1030 g/mol. The Labute approximate surface area is 421 Å². The maximum atomic E-state index is 14.4. The highest BCUT2D eigenvalue weighted by atomic mass is 16.4. The Bertz CT molecular complexity index is 2280. The van der Waals surface area contributed by atoms with E-state index in [1.165, 1.54) is 20.8 Å². The minimum Gasteiger partial charge on any atom is -0.480 e. The van der Waals surface area contributed by atoms with E-state index in [1.54, 1.807) is 44.3 Å². The first-order valence-corrected chi connectivity index (χ1v) is 23.6. The van der Waals surface area contributed by atoms with Crippen molar-refractivity contribution in [3.8, 4) is 0 Å². The van der Waals surface area contributed by atoms with E-state index in [4.69, 9.17) is 34.4 Å². The number of hydrogen-bond donors (Lipinski definition) is 17. The SMILES string of the molecule is CC(C)[C@H](NC(=O)[C@H](CCCN=C(N)N)NC(=O)[C@@H](NC(=O)[C@@H](NC(=O)[C@H](CCC(N)=O)NC(=O)[C@H](Cc1c[nH]c2ccccc12)NC(=O)[C@H](CCCN=C(N)N)NC(=O)[C@@H](N)CO)C(C)C)[C@@H](C)O)C(=O)O. The number of aromatic nitrogens is 1. The molecule has 0 aliphatic rings. The van der Waals surface area contributed by atoms with Gasteiger partial charge in [-0.25, -0.2) is 4.79 Å². The minimum atomic E-state index is -1.75. The van der Waals surface area contributed by atoms with E-state index in [2.05, 4.69) is 52.2 Å². The number of aliphatic hydroxyl groups excluding tert-OH is 2. The first-order valence-electron chi connectivity index (χ1n) is 23.6. The van der Waals surface area contributed by atoms with Gasteiger partial charge in [0.25, 0.3) is 0 Å². The molecular weight excluding hydrogens is 957 g/mol. The molecule has 0 aliphatic carbocycles. The summed E-state index contributed by atoms with van der Waals surface area (Å²) in [4.78, 5) is 131. The van der Waals surface area contributed by atoms with Gasteiger partial charge >= 0.3 is 5.97 Å². The van der Waals surface area contributed by atoms with Crippen molar-refractivity contribution < 1.29 is 58.5 Å². The summed E-state index contributed by atoms with van der Waals surface area (Å²) in [6.07, 6.45) is -0.894. The zero-order valence-electron chi connectivity index (χ0n) is 41.7. The number of primary amides is 1. The molecule has 2 rings (SSSR count). The molecule has 0 bridgehead atoms. The molecule has 0 aliphatic heterocycles. The average Bonchev–Trinajstić information content (AvgIpc) is 3.72. The molecule has 406 valence electrons. The zero-order valence-corrected chi connectivity index (χ0v) is 41.7. The normalized spacial score (nSPS) is 14.9. The number of aliphatic hydroxyl groups is 2. The Morgan fingerprint density at radius 2 is 1.03 bits per heavy atom. The summed E-state index contributed by atoms with van der Waals surface area (Å²) in [5.41, 5.74) is 34.1. The third-order valence-corrected chi connectivity index (χ3v) is 11.3. The van der Waals surface area contributed by atoms with Crippen LogP contribution in [0.5, 0.6) is 0 Å². The van der Waals surface area contributed by atoms with Crippen LogP contribution in [0.25, 0.3) is 10.9 Å². The van der Waals surface area contributed by atoms with Crippen LogP contribution in [0, 0.1) is 11.8 Å². The number of guanidine groups is 2. The van der Waals surface area contributed by atoms with Crippen LogP contribution in [0.3, 0.4) is 0 Å². The number of hydrogen-bond acceptors (Lipinski definition) is 14. The summed E-state index contributed by atoms with van der Waals surface area (Å²) in [7, 11) is 0. The van der Waals surface area contributed by atoms with Gasteiger partial charge in [0.05, 0.1) is 12.7 Å². The molecule has 23 N–H and O–H groups in total. The number of H-pyrrole nitrogens is 1. The number of benzene rings is 1. The number of nitrogens with two attached hydrogens (primary N) is 6. The number of aliphatic carboxylic acids is 1. The molecule has 2 aromatic rings. The Morgan fingerprint density at radius 3 is 1.52 bits per heavy atom. The van der Waals surface area contributed by atoms with E-state index in [-0.39, 0.29) is 57.1 Å². The lowest BCUT2D eigenvalue weighted by Crippen LogP contribution is -2.62. The number of rotatable bonds is 32. The quantitative estimate of drug-likeness (QED) is 0.0185. The smallest absolute Gasteiger partial charge is 0.326 e.